The number of ketones is 1. The van der Waals surface area contributed by atoms with Crippen LogP contribution >= 0.6 is 0 Å². The van der Waals surface area contributed by atoms with Crippen molar-refractivity contribution in [3.63, 3.8) is 0 Å². The van der Waals surface area contributed by atoms with Gasteiger partial charge in [-0.05, 0) is 45.3 Å². The Balaban J connectivity index is 3.56. The Bertz CT molecular complexity index is 1180. The number of hydrogen-bond acceptors (Lipinski definition) is 9. The smallest absolute Gasteiger partial charge is 0.373 e. The fraction of sp³-hybridized carbons (Fsp3) is 0.632. The summed E-state index contributed by atoms with van der Waals surface area (Å²) in [6.07, 6.45) is 10.3. The van der Waals surface area contributed by atoms with Gasteiger partial charge in [-0.3, -0.25) is 4.79 Å². The highest BCUT2D eigenvalue weighted by molar-refractivity contribution is 5.92. The minimum Gasteiger partial charge on any atom is -0.490 e. The maximum Gasteiger partial charge on any atom is 0.373 e. The van der Waals surface area contributed by atoms with Crippen LogP contribution in [-0.4, -0.2) is 83.0 Å². The molecule has 0 radical (unpaired) electrons. The second-order valence-electron chi connectivity index (χ2n) is 13.2. The van der Waals surface area contributed by atoms with Gasteiger partial charge in [0.05, 0.1) is 31.5 Å². The molecule has 0 fully saturated rings. The van der Waals surface area contributed by atoms with Crippen molar-refractivity contribution in [2.45, 2.75) is 105 Å². The first kappa shape index (κ1) is 42.2. The topological polar surface area (TPSA) is 143 Å². The van der Waals surface area contributed by atoms with E-state index in [1.807, 2.05) is 39.8 Å². The lowest BCUT2D eigenvalue weighted by Gasteiger charge is -2.33. The van der Waals surface area contributed by atoms with Gasteiger partial charge in [0.1, 0.15) is 12.2 Å². The van der Waals surface area contributed by atoms with Crippen molar-refractivity contribution in [1.29, 1.82) is 0 Å². The lowest BCUT2D eigenvalue weighted by Crippen LogP contribution is -2.45. The van der Waals surface area contributed by atoms with Crippen LogP contribution in [0.2, 0.25) is 0 Å². The molecule has 0 amide bonds. The van der Waals surface area contributed by atoms with Crippen molar-refractivity contribution in [2.24, 2.45) is 35.5 Å². The number of carbonyl (C=O) groups excluding carboxylic acids is 2. The maximum absolute atomic E-state index is 13.5. The molecule has 1 aliphatic heterocycles. The molecular formula is C38H60O9. The number of ether oxygens (including phenoxy) is 3. The van der Waals surface area contributed by atoms with Gasteiger partial charge in [-0.15, -0.1) is 0 Å². The summed E-state index contributed by atoms with van der Waals surface area (Å²) in [5.41, 5.74) is 1.63. The van der Waals surface area contributed by atoms with E-state index < -0.39 is 60.3 Å². The third-order valence-electron chi connectivity index (χ3n) is 9.18. The van der Waals surface area contributed by atoms with Crippen molar-refractivity contribution in [3.8, 4) is 0 Å². The van der Waals surface area contributed by atoms with Gasteiger partial charge < -0.3 is 34.6 Å². The summed E-state index contributed by atoms with van der Waals surface area (Å²) < 4.78 is 17.1. The summed E-state index contributed by atoms with van der Waals surface area (Å²) in [5, 5.41) is 43.6. The van der Waals surface area contributed by atoms with E-state index in [0.29, 0.717) is 12.0 Å². The van der Waals surface area contributed by atoms with Gasteiger partial charge in [0, 0.05) is 36.7 Å². The highest BCUT2D eigenvalue weighted by Crippen LogP contribution is 2.28. The number of aliphatic hydroxyl groups is 4. The molecule has 0 aromatic heterocycles. The Morgan fingerprint density at radius 2 is 1.68 bits per heavy atom. The Kier molecular flexibility index (Phi) is 18.4. The Labute approximate surface area is 282 Å². The molecule has 266 valence electrons. The molecule has 1 rings (SSSR count). The number of methoxy groups -OCH3 is 2. The zero-order valence-electron chi connectivity index (χ0n) is 30.2. The second-order valence-corrected chi connectivity index (χ2v) is 13.2. The molecule has 9 nitrogen and oxygen atoms in total. The van der Waals surface area contributed by atoms with Crippen LogP contribution < -0.4 is 0 Å². The third-order valence-corrected chi connectivity index (χ3v) is 9.18. The monoisotopic (exact) mass is 660 g/mol. The average Bonchev–Trinajstić information content (AvgIpc) is 3.04. The van der Waals surface area contributed by atoms with E-state index in [1.54, 1.807) is 65.0 Å². The number of rotatable bonds is 10. The van der Waals surface area contributed by atoms with Crippen LogP contribution in [0, 0.1) is 35.5 Å². The normalized spacial score (nSPS) is 34.7. The summed E-state index contributed by atoms with van der Waals surface area (Å²) in [4.78, 5) is 26.6. The second kappa shape index (κ2) is 20.5. The number of hydrogen-bond donors (Lipinski definition) is 4. The summed E-state index contributed by atoms with van der Waals surface area (Å²) in [7, 11) is 2.82. The minimum atomic E-state index is -1.22. The standard InChI is InChI=1S/C38H60O9/c1-12-14-30(39)24(4)17-18-31(40)27(7)36(43)29(9)37-32(45-10)16-13-15-22(2)19-25(5)34(41)28(8)35(42)26(6)20-23(3)21-33(46-11)38(44)47-37/h12-18,20-21,24-30,32,34-37,39,41-43H,19H2,1-11H3/b14-12+,16-13+,18-17+,22-15-,23-20-,33-21+/t24?,25-,26+,27-,28+,29+,30?,32-,34+,35-,36+,37?/m1/s1. The molecule has 3 unspecified atom stereocenters. The zero-order chi connectivity index (χ0) is 36.0. The predicted molar refractivity (Wildman–Crippen MR) is 185 cm³/mol. The largest absolute Gasteiger partial charge is 0.490 e. The van der Waals surface area contributed by atoms with Crippen LogP contribution in [0.5, 0.6) is 0 Å². The van der Waals surface area contributed by atoms with E-state index in [2.05, 4.69) is 0 Å². The minimum absolute atomic E-state index is 0.0924. The highest BCUT2D eigenvalue weighted by atomic mass is 16.6. The molecule has 0 bridgehead atoms. The third kappa shape index (κ3) is 13.0. The molecule has 9 heteroatoms. The fourth-order valence-corrected chi connectivity index (χ4v) is 5.87. The molecule has 0 aromatic carbocycles. The quantitative estimate of drug-likeness (QED) is 0.140. The van der Waals surface area contributed by atoms with Crippen molar-refractivity contribution in [1.82, 2.24) is 0 Å². The van der Waals surface area contributed by atoms with Crippen molar-refractivity contribution < 1.29 is 44.2 Å². The van der Waals surface area contributed by atoms with E-state index in [0.717, 1.165) is 5.57 Å². The average molecular weight is 661 g/mol. The van der Waals surface area contributed by atoms with Crippen LogP contribution in [0.4, 0.5) is 0 Å². The van der Waals surface area contributed by atoms with Crippen LogP contribution in [0.15, 0.2) is 71.6 Å². The molecule has 0 spiro atoms. The number of aliphatic hydroxyl groups excluding tert-OH is 4. The first-order valence-corrected chi connectivity index (χ1v) is 16.6. The number of allylic oxidation sites excluding steroid dienone is 7. The molecule has 0 saturated heterocycles. The van der Waals surface area contributed by atoms with Gasteiger partial charge in [-0.25, -0.2) is 4.79 Å². The highest BCUT2D eigenvalue weighted by Gasteiger charge is 2.38. The SMILES string of the molecule is C/C=C/C(O)C(C)/C=C/C(=O)[C@@H](C)[C@H](O)[C@H](C)C1OC(=O)/C(OC)=C\C(C)=C/[C@H](C)[C@@H](O)[C@@H](C)[C@@H](O)[C@H](C)C/C(C)=C\C=C\[C@H]1OC. The van der Waals surface area contributed by atoms with Crippen LogP contribution in [0.1, 0.15) is 68.7 Å². The molecule has 47 heavy (non-hydrogen) atoms. The number of esters is 1. The van der Waals surface area contributed by atoms with Gasteiger partial charge in [0.25, 0.3) is 0 Å². The van der Waals surface area contributed by atoms with Gasteiger partial charge in [-0.2, -0.15) is 0 Å². The molecule has 4 N–H and O–H groups in total. The molecule has 0 aromatic rings. The van der Waals surface area contributed by atoms with E-state index in [9.17, 15) is 30.0 Å². The molecule has 0 saturated carbocycles. The molecule has 1 heterocycles. The predicted octanol–water partition coefficient (Wildman–Crippen LogP) is 5.26. The van der Waals surface area contributed by atoms with E-state index in [1.165, 1.54) is 26.4 Å². The number of carbonyl (C=O) groups is 2. The first-order valence-electron chi connectivity index (χ1n) is 16.6. The Hall–Kier alpha value is -2.82. The van der Waals surface area contributed by atoms with Crippen molar-refractivity contribution >= 4 is 11.8 Å². The van der Waals surface area contributed by atoms with Crippen LogP contribution in [0.3, 0.4) is 0 Å². The first-order chi connectivity index (χ1) is 22.0. The van der Waals surface area contributed by atoms with Gasteiger partial charge in [0.2, 0.25) is 5.76 Å². The molecule has 12 atom stereocenters. The Morgan fingerprint density at radius 3 is 2.26 bits per heavy atom. The fourth-order valence-electron chi connectivity index (χ4n) is 5.87. The van der Waals surface area contributed by atoms with E-state index in [-0.39, 0.29) is 29.3 Å². The molecular weight excluding hydrogens is 600 g/mol. The van der Waals surface area contributed by atoms with Crippen molar-refractivity contribution in [2.75, 3.05) is 14.2 Å². The lowest BCUT2D eigenvalue weighted by molar-refractivity contribution is -0.162. The molecule has 0 aliphatic carbocycles. The van der Waals surface area contributed by atoms with Gasteiger partial charge >= 0.3 is 5.97 Å². The lowest BCUT2D eigenvalue weighted by atomic mass is 9.81. The summed E-state index contributed by atoms with van der Waals surface area (Å²) >= 11 is 0. The maximum atomic E-state index is 13.5. The van der Waals surface area contributed by atoms with E-state index in [4.69, 9.17) is 14.2 Å². The van der Waals surface area contributed by atoms with E-state index >= 15 is 0 Å². The van der Waals surface area contributed by atoms with Crippen LogP contribution in [-0.2, 0) is 23.8 Å². The number of cyclic esters (lactones) is 1. The van der Waals surface area contributed by atoms with Crippen LogP contribution in [0.25, 0.3) is 0 Å². The summed E-state index contributed by atoms with van der Waals surface area (Å²) in [6.45, 7) is 16.2. The van der Waals surface area contributed by atoms with Crippen molar-refractivity contribution in [3.05, 3.63) is 71.6 Å². The Morgan fingerprint density at radius 1 is 1.04 bits per heavy atom. The summed E-state index contributed by atoms with van der Waals surface area (Å²) in [5.74, 6) is -3.99. The van der Waals surface area contributed by atoms with Gasteiger partial charge in [0.15, 0.2) is 5.78 Å². The zero-order valence-corrected chi connectivity index (χ0v) is 30.2. The summed E-state index contributed by atoms with van der Waals surface area (Å²) in [6, 6.07) is 0. The van der Waals surface area contributed by atoms with Gasteiger partial charge in [-0.1, -0.05) is 95.2 Å². The molecule has 1 aliphatic rings.